The van der Waals surface area contributed by atoms with E-state index in [-0.39, 0.29) is 6.10 Å². The Hall–Kier alpha value is -2.69. The number of aryl methyl sites for hydroxylation is 2. The quantitative estimate of drug-likeness (QED) is 0.654. The first-order valence-corrected chi connectivity index (χ1v) is 9.17. The first-order chi connectivity index (χ1) is 12.6. The van der Waals surface area contributed by atoms with E-state index >= 15 is 0 Å². The van der Waals surface area contributed by atoms with Crippen LogP contribution in [0.5, 0.6) is 11.5 Å². The number of hydrogen-bond acceptors (Lipinski definition) is 3. The third-order valence-corrected chi connectivity index (χ3v) is 5.09. The standard InChI is InChI=1S/C21H25N3O2/c1-13-8-16-10-19(25-2)17(11-20(16)26-13)12-23-21(22)24-18-7-6-14-4-3-5-15(14)9-18/h6-7,9-11,13H,3-5,8,12H2,1-2H3,(H3,22,23,24). The largest absolute Gasteiger partial charge is 0.496 e. The summed E-state index contributed by atoms with van der Waals surface area (Å²) in [5.41, 5.74) is 12.1. The van der Waals surface area contributed by atoms with Gasteiger partial charge in [-0.15, -0.1) is 0 Å². The number of methoxy groups -OCH3 is 1. The number of hydrogen-bond donors (Lipinski definition) is 2. The van der Waals surface area contributed by atoms with E-state index in [0.717, 1.165) is 35.6 Å². The molecule has 2 aromatic carbocycles. The molecule has 0 radical (unpaired) electrons. The predicted octanol–water partition coefficient (Wildman–Crippen LogP) is 3.43. The van der Waals surface area contributed by atoms with Crippen molar-refractivity contribution in [3.05, 3.63) is 52.6 Å². The first-order valence-electron chi connectivity index (χ1n) is 9.17. The molecular weight excluding hydrogens is 326 g/mol. The highest BCUT2D eigenvalue weighted by atomic mass is 16.5. The van der Waals surface area contributed by atoms with Crippen LogP contribution in [0.3, 0.4) is 0 Å². The summed E-state index contributed by atoms with van der Waals surface area (Å²) < 4.78 is 11.4. The van der Waals surface area contributed by atoms with Gasteiger partial charge in [-0.2, -0.15) is 0 Å². The Morgan fingerprint density at radius 3 is 2.92 bits per heavy atom. The molecule has 136 valence electrons. The number of guanidine groups is 1. The molecular formula is C21H25N3O2. The van der Waals surface area contributed by atoms with E-state index in [1.165, 1.54) is 29.5 Å². The van der Waals surface area contributed by atoms with Gasteiger partial charge in [0.1, 0.15) is 17.6 Å². The van der Waals surface area contributed by atoms with Gasteiger partial charge in [-0.1, -0.05) is 6.07 Å². The SMILES string of the molecule is COc1cc2c(cc1CN=C(N)Nc1ccc3c(c1)CCC3)OC(C)C2. The van der Waals surface area contributed by atoms with Crippen LogP contribution in [0.1, 0.15) is 35.6 Å². The Morgan fingerprint density at radius 2 is 2.08 bits per heavy atom. The molecule has 0 spiro atoms. The maximum absolute atomic E-state index is 6.09. The van der Waals surface area contributed by atoms with Crippen LogP contribution in [0.2, 0.25) is 0 Å². The van der Waals surface area contributed by atoms with Gasteiger partial charge in [0.15, 0.2) is 5.96 Å². The van der Waals surface area contributed by atoms with E-state index in [9.17, 15) is 0 Å². The molecule has 0 saturated carbocycles. The summed E-state index contributed by atoms with van der Waals surface area (Å²) in [7, 11) is 1.68. The van der Waals surface area contributed by atoms with Crippen molar-refractivity contribution in [2.75, 3.05) is 12.4 Å². The van der Waals surface area contributed by atoms with Crippen molar-refractivity contribution < 1.29 is 9.47 Å². The van der Waals surface area contributed by atoms with E-state index in [2.05, 4.69) is 35.4 Å². The Bertz CT molecular complexity index is 861. The van der Waals surface area contributed by atoms with Crippen LogP contribution >= 0.6 is 0 Å². The van der Waals surface area contributed by atoms with E-state index in [1.807, 2.05) is 12.1 Å². The highest BCUT2D eigenvalue weighted by Crippen LogP contribution is 2.35. The molecule has 1 unspecified atom stereocenters. The van der Waals surface area contributed by atoms with Gasteiger partial charge in [0.25, 0.3) is 0 Å². The van der Waals surface area contributed by atoms with Crippen LogP contribution in [-0.4, -0.2) is 19.2 Å². The van der Waals surface area contributed by atoms with Crippen molar-refractivity contribution in [1.82, 2.24) is 0 Å². The van der Waals surface area contributed by atoms with Gasteiger partial charge in [0, 0.05) is 23.2 Å². The molecule has 2 aromatic rings. The van der Waals surface area contributed by atoms with E-state index in [0.29, 0.717) is 12.5 Å². The number of ether oxygens (including phenoxy) is 2. The number of nitrogens with one attached hydrogen (secondary N) is 1. The zero-order valence-electron chi connectivity index (χ0n) is 15.3. The lowest BCUT2D eigenvalue weighted by molar-refractivity contribution is 0.254. The van der Waals surface area contributed by atoms with Crippen LogP contribution < -0.4 is 20.5 Å². The lowest BCUT2D eigenvalue weighted by Gasteiger charge is -2.11. The molecule has 0 bridgehead atoms. The zero-order valence-corrected chi connectivity index (χ0v) is 15.3. The number of benzene rings is 2. The molecule has 3 N–H and O–H groups in total. The molecule has 0 saturated heterocycles. The number of nitrogens with zero attached hydrogens (tertiary/aromatic N) is 1. The zero-order chi connectivity index (χ0) is 18.1. The fourth-order valence-corrected chi connectivity index (χ4v) is 3.80. The summed E-state index contributed by atoms with van der Waals surface area (Å²) in [6.45, 7) is 2.51. The molecule has 1 atom stereocenters. The second kappa shape index (κ2) is 6.90. The van der Waals surface area contributed by atoms with Gasteiger partial charge in [0.2, 0.25) is 0 Å². The second-order valence-electron chi connectivity index (χ2n) is 7.07. The number of anilines is 1. The molecule has 26 heavy (non-hydrogen) atoms. The van der Waals surface area contributed by atoms with Crippen molar-refractivity contribution in [3.63, 3.8) is 0 Å². The normalized spacial score (nSPS) is 18.2. The Labute approximate surface area is 154 Å². The van der Waals surface area contributed by atoms with Gasteiger partial charge < -0.3 is 20.5 Å². The molecule has 1 aliphatic carbocycles. The summed E-state index contributed by atoms with van der Waals surface area (Å²) in [6, 6.07) is 10.5. The molecule has 0 fully saturated rings. The molecule has 5 nitrogen and oxygen atoms in total. The van der Waals surface area contributed by atoms with E-state index in [1.54, 1.807) is 7.11 Å². The number of aliphatic imine (C=N–C) groups is 1. The molecule has 0 aromatic heterocycles. The molecule has 0 amide bonds. The third-order valence-electron chi connectivity index (χ3n) is 5.09. The van der Waals surface area contributed by atoms with Crippen LogP contribution in [0.25, 0.3) is 0 Å². The van der Waals surface area contributed by atoms with E-state index < -0.39 is 0 Å². The smallest absolute Gasteiger partial charge is 0.193 e. The summed E-state index contributed by atoms with van der Waals surface area (Å²) in [4.78, 5) is 4.48. The van der Waals surface area contributed by atoms with Crippen molar-refractivity contribution in [1.29, 1.82) is 0 Å². The lowest BCUT2D eigenvalue weighted by atomic mass is 10.1. The van der Waals surface area contributed by atoms with Gasteiger partial charge in [-0.25, -0.2) is 4.99 Å². The Morgan fingerprint density at radius 1 is 1.23 bits per heavy atom. The predicted molar refractivity (Wildman–Crippen MR) is 104 cm³/mol. The molecule has 2 aliphatic rings. The van der Waals surface area contributed by atoms with Crippen LogP contribution in [0.15, 0.2) is 35.3 Å². The lowest BCUT2D eigenvalue weighted by Crippen LogP contribution is -2.22. The summed E-state index contributed by atoms with van der Waals surface area (Å²) >= 11 is 0. The van der Waals surface area contributed by atoms with Crippen LogP contribution in [0.4, 0.5) is 5.69 Å². The summed E-state index contributed by atoms with van der Waals surface area (Å²) in [5, 5.41) is 3.19. The van der Waals surface area contributed by atoms with Crippen LogP contribution in [0, 0.1) is 0 Å². The van der Waals surface area contributed by atoms with Crippen molar-refractivity contribution in [2.24, 2.45) is 10.7 Å². The fraction of sp³-hybridized carbons (Fsp3) is 0.381. The number of nitrogens with two attached hydrogens (primary N) is 1. The minimum atomic E-state index is 0.208. The van der Waals surface area contributed by atoms with Crippen LogP contribution in [-0.2, 0) is 25.8 Å². The highest BCUT2D eigenvalue weighted by molar-refractivity contribution is 5.92. The molecule has 4 rings (SSSR count). The third kappa shape index (κ3) is 3.34. The first kappa shape index (κ1) is 16.8. The Balaban J connectivity index is 1.48. The number of rotatable bonds is 4. The fourth-order valence-electron chi connectivity index (χ4n) is 3.80. The van der Waals surface area contributed by atoms with Crippen molar-refractivity contribution >= 4 is 11.6 Å². The Kier molecular flexibility index (Phi) is 4.45. The maximum Gasteiger partial charge on any atom is 0.193 e. The van der Waals surface area contributed by atoms with Crippen molar-refractivity contribution in [3.8, 4) is 11.5 Å². The van der Waals surface area contributed by atoms with Gasteiger partial charge >= 0.3 is 0 Å². The summed E-state index contributed by atoms with van der Waals surface area (Å²) in [6.07, 6.45) is 4.68. The molecule has 1 aliphatic heterocycles. The topological polar surface area (TPSA) is 68.9 Å². The highest BCUT2D eigenvalue weighted by Gasteiger charge is 2.21. The van der Waals surface area contributed by atoms with Crippen molar-refractivity contribution in [2.45, 2.75) is 45.3 Å². The minimum Gasteiger partial charge on any atom is -0.496 e. The molecule has 1 heterocycles. The molecule has 5 heteroatoms. The van der Waals surface area contributed by atoms with Gasteiger partial charge in [-0.05, 0) is 61.6 Å². The van der Waals surface area contributed by atoms with E-state index in [4.69, 9.17) is 15.2 Å². The minimum absolute atomic E-state index is 0.208. The second-order valence-corrected chi connectivity index (χ2v) is 7.07. The average molecular weight is 351 g/mol. The monoisotopic (exact) mass is 351 g/mol. The number of fused-ring (bicyclic) bond motifs is 2. The average Bonchev–Trinajstić information content (AvgIpc) is 3.23. The summed E-state index contributed by atoms with van der Waals surface area (Å²) in [5.74, 6) is 2.16. The van der Waals surface area contributed by atoms with Gasteiger partial charge in [-0.3, -0.25) is 0 Å². The maximum atomic E-state index is 6.09. The van der Waals surface area contributed by atoms with Gasteiger partial charge in [0.05, 0.1) is 13.7 Å².